The molecule has 0 aromatic heterocycles. The van der Waals surface area contributed by atoms with Crippen LogP contribution in [0, 0.1) is 0 Å². The van der Waals surface area contributed by atoms with Crippen LogP contribution in [0.15, 0.2) is 48.5 Å². The Labute approximate surface area is 77.5 Å². The van der Waals surface area contributed by atoms with Gasteiger partial charge in [0.2, 0.25) is 0 Å². The molecule has 0 fully saturated rings. The molecule has 1 aliphatic heterocycles. The third kappa shape index (κ3) is 2.56. The Balaban J connectivity index is 2.77. The molecule has 0 aromatic carbocycles. The smallest absolute Gasteiger partial charge is 0.119 e. The van der Waals surface area contributed by atoms with Crippen molar-refractivity contribution in [2.45, 2.75) is 13.0 Å². The Kier molecular flexibility index (Phi) is 3.46. The molecular weight excluding hydrogens is 167 g/mol. The van der Waals surface area contributed by atoms with Crippen LogP contribution in [0.3, 0.4) is 0 Å². The van der Waals surface area contributed by atoms with Gasteiger partial charge in [-0.3, -0.25) is 0 Å². The third-order valence-electron chi connectivity index (χ3n) is 1.79. The van der Waals surface area contributed by atoms with E-state index in [1.807, 2.05) is 6.08 Å². The van der Waals surface area contributed by atoms with Gasteiger partial charge in [-0.25, -0.2) is 9.82 Å². The highest BCUT2D eigenvalue weighted by Gasteiger charge is 2.10. The van der Waals surface area contributed by atoms with Gasteiger partial charge >= 0.3 is 0 Å². The summed E-state index contributed by atoms with van der Waals surface area (Å²) < 4.78 is 12.9. The number of hydrogen-bond donors (Lipinski definition) is 2. The molecular formula is C10H13FN2. The minimum Gasteiger partial charge on any atom is -0.328 e. The van der Waals surface area contributed by atoms with Crippen LogP contribution in [-0.2, 0) is 0 Å². The number of halogens is 1. The summed E-state index contributed by atoms with van der Waals surface area (Å²) in [5, 5.41) is 0. The number of hydrazine groups is 1. The van der Waals surface area contributed by atoms with E-state index in [1.165, 1.54) is 12.2 Å². The van der Waals surface area contributed by atoms with E-state index in [4.69, 9.17) is 0 Å². The zero-order chi connectivity index (χ0) is 9.68. The highest BCUT2D eigenvalue weighted by Crippen LogP contribution is 2.11. The molecule has 3 heteroatoms. The maximum atomic E-state index is 12.9. The molecule has 0 saturated heterocycles. The summed E-state index contributed by atoms with van der Waals surface area (Å²) in [4.78, 5) is 0. The van der Waals surface area contributed by atoms with Gasteiger partial charge in [0, 0.05) is 6.20 Å². The standard InChI is InChI=1S/C10H13FN2/c1-3-8(7-9(11)4-2)10-5-6-12-13-10/h3-7,10,12-13H,1H2,2H3/b8-7+,9-4+. The Morgan fingerprint density at radius 2 is 2.38 bits per heavy atom. The van der Waals surface area contributed by atoms with Gasteiger partial charge in [0.1, 0.15) is 5.83 Å². The fourth-order valence-corrected chi connectivity index (χ4v) is 1.04. The number of nitrogens with one attached hydrogen (secondary N) is 2. The van der Waals surface area contributed by atoms with E-state index in [1.54, 1.807) is 19.2 Å². The average molecular weight is 180 g/mol. The zero-order valence-electron chi connectivity index (χ0n) is 7.55. The summed E-state index contributed by atoms with van der Waals surface area (Å²) in [7, 11) is 0. The highest BCUT2D eigenvalue weighted by atomic mass is 19.1. The summed E-state index contributed by atoms with van der Waals surface area (Å²) in [5.41, 5.74) is 6.56. The van der Waals surface area contributed by atoms with Crippen LogP contribution < -0.4 is 10.9 Å². The third-order valence-corrected chi connectivity index (χ3v) is 1.79. The van der Waals surface area contributed by atoms with E-state index in [-0.39, 0.29) is 11.9 Å². The Morgan fingerprint density at radius 3 is 2.85 bits per heavy atom. The van der Waals surface area contributed by atoms with Gasteiger partial charge in [0.05, 0.1) is 6.04 Å². The molecule has 0 aliphatic carbocycles. The molecule has 0 saturated carbocycles. The molecule has 1 aliphatic rings. The van der Waals surface area contributed by atoms with Crippen molar-refractivity contribution < 1.29 is 4.39 Å². The van der Waals surface area contributed by atoms with E-state index in [2.05, 4.69) is 17.4 Å². The number of hydrogen-bond acceptors (Lipinski definition) is 2. The largest absolute Gasteiger partial charge is 0.328 e. The highest BCUT2D eigenvalue weighted by molar-refractivity contribution is 5.34. The maximum Gasteiger partial charge on any atom is 0.119 e. The summed E-state index contributed by atoms with van der Waals surface area (Å²) in [6, 6.07) is 0.00296. The lowest BCUT2D eigenvalue weighted by Gasteiger charge is -2.09. The van der Waals surface area contributed by atoms with Crippen LogP contribution in [0.2, 0.25) is 0 Å². The molecule has 0 amide bonds. The molecule has 1 atom stereocenters. The normalized spacial score (nSPS) is 23.1. The summed E-state index contributed by atoms with van der Waals surface area (Å²) in [6.45, 7) is 5.28. The quantitative estimate of drug-likeness (QED) is 0.649. The Bertz CT molecular complexity index is 277. The summed E-state index contributed by atoms with van der Waals surface area (Å²) in [6.07, 6.45) is 8.18. The van der Waals surface area contributed by atoms with Gasteiger partial charge in [0.15, 0.2) is 0 Å². The molecule has 0 spiro atoms. The second-order valence-corrected chi connectivity index (χ2v) is 2.65. The first kappa shape index (κ1) is 9.74. The Hall–Kier alpha value is -1.35. The number of allylic oxidation sites excluding steroid dienone is 3. The fourth-order valence-electron chi connectivity index (χ4n) is 1.04. The van der Waals surface area contributed by atoms with Crippen LogP contribution >= 0.6 is 0 Å². The lowest BCUT2D eigenvalue weighted by Crippen LogP contribution is -2.31. The van der Waals surface area contributed by atoms with E-state index in [0.29, 0.717) is 0 Å². The van der Waals surface area contributed by atoms with E-state index < -0.39 is 0 Å². The first-order valence-electron chi connectivity index (χ1n) is 4.11. The van der Waals surface area contributed by atoms with E-state index in [9.17, 15) is 4.39 Å². The minimum absolute atomic E-state index is 0.00296. The maximum absolute atomic E-state index is 12.9. The second-order valence-electron chi connectivity index (χ2n) is 2.65. The Morgan fingerprint density at radius 1 is 1.62 bits per heavy atom. The van der Waals surface area contributed by atoms with Crippen molar-refractivity contribution in [3.05, 3.63) is 48.5 Å². The van der Waals surface area contributed by atoms with E-state index >= 15 is 0 Å². The molecule has 1 heterocycles. The lowest BCUT2D eigenvalue weighted by atomic mass is 10.1. The van der Waals surface area contributed by atoms with E-state index in [0.717, 1.165) is 5.57 Å². The van der Waals surface area contributed by atoms with Crippen LogP contribution in [0.1, 0.15) is 6.92 Å². The average Bonchev–Trinajstić information content (AvgIpc) is 2.66. The van der Waals surface area contributed by atoms with Gasteiger partial charge < -0.3 is 5.43 Å². The molecule has 0 aromatic rings. The SMILES string of the molecule is C=C/C(=C\C(F)=C/C)C1C=CNN1. The van der Waals surface area contributed by atoms with Gasteiger partial charge in [0.25, 0.3) is 0 Å². The first-order chi connectivity index (χ1) is 6.27. The van der Waals surface area contributed by atoms with Crippen LogP contribution in [0.5, 0.6) is 0 Å². The van der Waals surface area contributed by atoms with Gasteiger partial charge in [-0.05, 0) is 24.6 Å². The van der Waals surface area contributed by atoms with Crippen LogP contribution in [0.4, 0.5) is 4.39 Å². The van der Waals surface area contributed by atoms with Crippen LogP contribution in [0.25, 0.3) is 0 Å². The molecule has 2 N–H and O–H groups in total. The minimum atomic E-state index is -0.253. The summed E-state index contributed by atoms with van der Waals surface area (Å²) >= 11 is 0. The molecule has 0 radical (unpaired) electrons. The van der Waals surface area contributed by atoms with Crippen molar-refractivity contribution in [2.75, 3.05) is 0 Å². The monoisotopic (exact) mass is 180 g/mol. The van der Waals surface area contributed by atoms with Crippen molar-refractivity contribution in [3.63, 3.8) is 0 Å². The molecule has 2 nitrogen and oxygen atoms in total. The van der Waals surface area contributed by atoms with Gasteiger partial charge in [-0.1, -0.05) is 18.7 Å². The zero-order valence-corrected chi connectivity index (χ0v) is 7.55. The first-order valence-corrected chi connectivity index (χ1v) is 4.11. The topological polar surface area (TPSA) is 24.1 Å². The van der Waals surface area contributed by atoms with Crippen molar-refractivity contribution in [1.29, 1.82) is 0 Å². The van der Waals surface area contributed by atoms with Gasteiger partial charge in [-0.2, -0.15) is 0 Å². The van der Waals surface area contributed by atoms with Gasteiger partial charge in [-0.15, -0.1) is 0 Å². The molecule has 0 bridgehead atoms. The van der Waals surface area contributed by atoms with Crippen molar-refractivity contribution in [2.24, 2.45) is 0 Å². The second kappa shape index (κ2) is 4.62. The molecule has 1 rings (SSSR count). The predicted octanol–water partition coefficient (Wildman–Crippen LogP) is 1.96. The van der Waals surface area contributed by atoms with Crippen molar-refractivity contribution >= 4 is 0 Å². The molecule has 1 unspecified atom stereocenters. The van der Waals surface area contributed by atoms with Crippen molar-refractivity contribution in [3.8, 4) is 0 Å². The van der Waals surface area contributed by atoms with Crippen LogP contribution in [-0.4, -0.2) is 6.04 Å². The summed E-state index contributed by atoms with van der Waals surface area (Å²) in [5.74, 6) is -0.253. The molecule has 13 heavy (non-hydrogen) atoms. The predicted molar refractivity (Wildman–Crippen MR) is 52.3 cm³/mol. The number of rotatable bonds is 3. The fraction of sp³-hybridized carbons (Fsp3) is 0.200. The lowest BCUT2D eigenvalue weighted by molar-refractivity contribution is 0.633. The molecule has 70 valence electrons. The van der Waals surface area contributed by atoms with Crippen molar-refractivity contribution in [1.82, 2.24) is 10.9 Å².